The first-order valence-electron chi connectivity index (χ1n) is 8.36. The van der Waals surface area contributed by atoms with Crippen molar-refractivity contribution in [2.24, 2.45) is 12.5 Å². The van der Waals surface area contributed by atoms with Crippen LogP contribution < -0.4 is 10.1 Å². The average Bonchev–Trinajstić information content (AvgIpc) is 2.85. The Kier molecular flexibility index (Phi) is 5.82. The predicted molar refractivity (Wildman–Crippen MR) is 95.1 cm³/mol. The van der Waals surface area contributed by atoms with Crippen molar-refractivity contribution < 1.29 is 13.9 Å². The van der Waals surface area contributed by atoms with E-state index in [1.165, 1.54) is 4.68 Å². The summed E-state index contributed by atoms with van der Waals surface area (Å²) in [6.45, 7) is 8.68. The van der Waals surface area contributed by atoms with Crippen molar-refractivity contribution in [1.82, 2.24) is 15.1 Å². The first-order valence-corrected chi connectivity index (χ1v) is 8.36. The molecule has 136 valence electrons. The van der Waals surface area contributed by atoms with E-state index in [0.717, 1.165) is 12.1 Å². The third kappa shape index (κ3) is 5.31. The van der Waals surface area contributed by atoms with E-state index in [2.05, 4.69) is 31.2 Å². The molecule has 0 spiro atoms. The van der Waals surface area contributed by atoms with Gasteiger partial charge in [-0.3, -0.25) is 9.48 Å². The molecule has 0 saturated heterocycles. The van der Waals surface area contributed by atoms with Gasteiger partial charge in [0.1, 0.15) is 5.69 Å². The average molecular weight is 347 g/mol. The first-order chi connectivity index (χ1) is 11.7. The Bertz CT molecular complexity index is 748. The zero-order valence-electron chi connectivity index (χ0n) is 15.5. The minimum Gasteiger partial charge on any atom is -0.490 e. The zero-order valence-corrected chi connectivity index (χ0v) is 15.5. The Morgan fingerprint density at radius 2 is 2.08 bits per heavy atom. The maximum absolute atomic E-state index is 14.5. The van der Waals surface area contributed by atoms with Crippen LogP contribution in [-0.4, -0.2) is 22.3 Å². The number of amides is 1. The monoisotopic (exact) mass is 347 g/mol. The molecule has 2 rings (SSSR count). The molecule has 1 aromatic carbocycles. The van der Waals surface area contributed by atoms with E-state index in [0.29, 0.717) is 17.9 Å². The van der Waals surface area contributed by atoms with Crippen molar-refractivity contribution in [3.05, 3.63) is 47.0 Å². The number of halogens is 1. The van der Waals surface area contributed by atoms with Crippen LogP contribution in [0, 0.1) is 18.2 Å². The van der Waals surface area contributed by atoms with Gasteiger partial charge in [0.25, 0.3) is 5.91 Å². The molecule has 1 aromatic heterocycles. The standard InChI is InChI=1S/C19H26FN3O2/c1-13-11-15(23(5)22-13)18(24)21-12-14-7-6-8-16(17(14)20)25-10-9-19(2,3)4/h6-8,11H,9-10,12H2,1-5H3,(H,21,24). The fourth-order valence-corrected chi connectivity index (χ4v) is 2.36. The van der Waals surface area contributed by atoms with Crippen LogP contribution in [0.2, 0.25) is 0 Å². The van der Waals surface area contributed by atoms with Gasteiger partial charge in [0.05, 0.1) is 12.3 Å². The molecular weight excluding hydrogens is 321 g/mol. The SMILES string of the molecule is Cc1cc(C(=O)NCc2cccc(OCCC(C)(C)C)c2F)n(C)n1. The van der Waals surface area contributed by atoms with Gasteiger partial charge in [-0.25, -0.2) is 4.39 Å². The molecule has 1 heterocycles. The van der Waals surface area contributed by atoms with Crippen molar-refractivity contribution >= 4 is 5.91 Å². The molecule has 0 aliphatic rings. The van der Waals surface area contributed by atoms with Gasteiger partial charge in [-0.1, -0.05) is 32.9 Å². The summed E-state index contributed by atoms with van der Waals surface area (Å²) in [6, 6.07) is 6.66. The Balaban J connectivity index is 1.99. The molecule has 0 atom stereocenters. The highest BCUT2D eigenvalue weighted by molar-refractivity contribution is 5.92. The maximum atomic E-state index is 14.5. The smallest absolute Gasteiger partial charge is 0.269 e. The molecule has 1 amide bonds. The van der Waals surface area contributed by atoms with Gasteiger partial charge in [-0.2, -0.15) is 5.10 Å². The third-order valence-electron chi connectivity index (χ3n) is 3.83. The summed E-state index contributed by atoms with van der Waals surface area (Å²) in [5.74, 6) is -0.508. The van der Waals surface area contributed by atoms with Crippen molar-refractivity contribution in [3.63, 3.8) is 0 Å². The molecule has 2 aromatic rings. The highest BCUT2D eigenvalue weighted by Crippen LogP contribution is 2.23. The van der Waals surface area contributed by atoms with E-state index in [1.807, 2.05) is 6.92 Å². The molecule has 0 radical (unpaired) electrons. The van der Waals surface area contributed by atoms with Crippen molar-refractivity contribution in [1.29, 1.82) is 0 Å². The highest BCUT2D eigenvalue weighted by atomic mass is 19.1. The largest absolute Gasteiger partial charge is 0.490 e. The normalized spacial score (nSPS) is 11.4. The molecule has 0 saturated carbocycles. The zero-order chi connectivity index (χ0) is 18.6. The highest BCUT2D eigenvalue weighted by Gasteiger charge is 2.15. The molecule has 0 unspecified atom stereocenters. The van der Waals surface area contributed by atoms with Crippen LogP contribution in [0.3, 0.4) is 0 Å². The lowest BCUT2D eigenvalue weighted by Gasteiger charge is -2.18. The molecule has 25 heavy (non-hydrogen) atoms. The number of nitrogens with zero attached hydrogens (tertiary/aromatic N) is 2. The van der Waals surface area contributed by atoms with Crippen LogP contribution in [0.25, 0.3) is 0 Å². The van der Waals surface area contributed by atoms with E-state index in [-0.39, 0.29) is 23.6 Å². The summed E-state index contributed by atoms with van der Waals surface area (Å²) in [5, 5.41) is 6.86. The molecule has 6 heteroatoms. The van der Waals surface area contributed by atoms with Gasteiger partial charge in [0.2, 0.25) is 0 Å². The quantitative estimate of drug-likeness (QED) is 0.868. The second-order valence-corrected chi connectivity index (χ2v) is 7.37. The van der Waals surface area contributed by atoms with Gasteiger partial charge in [-0.15, -0.1) is 0 Å². The number of hydrogen-bond donors (Lipinski definition) is 1. The number of nitrogens with one attached hydrogen (secondary N) is 1. The minimum absolute atomic E-state index is 0.0887. The second-order valence-electron chi connectivity index (χ2n) is 7.37. The van der Waals surface area contributed by atoms with Gasteiger partial charge < -0.3 is 10.1 Å². The maximum Gasteiger partial charge on any atom is 0.269 e. The summed E-state index contributed by atoms with van der Waals surface area (Å²) in [7, 11) is 1.70. The van der Waals surface area contributed by atoms with Gasteiger partial charge in [-0.05, 0) is 30.9 Å². The summed E-state index contributed by atoms with van der Waals surface area (Å²) >= 11 is 0. The van der Waals surface area contributed by atoms with Crippen LogP contribution in [0.5, 0.6) is 5.75 Å². The summed E-state index contributed by atoms with van der Waals surface area (Å²) in [6.07, 6.45) is 0.827. The Morgan fingerprint density at radius 1 is 1.36 bits per heavy atom. The lowest BCUT2D eigenvalue weighted by molar-refractivity contribution is 0.0941. The number of aryl methyl sites for hydroxylation is 2. The summed E-state index contributed by atoms with van der Waals surface area (Å²) in [4.78, 5) is 12.2. The van der Waals surface area contributed by atoms with E-state index in [4.69, 9.17) is 4.74 Å². The summed E-state index contributed by atoms with van der Waals surface area (Å²) < 4.78 is 21.6. The fourth-order valence-electron chi connectivity index (χ4n) is 2.36. The number of carbonyl (C=O) groups excluding carboxylic acids is 1. The molecule has 5 nitrogen and oxygen atoms in total. The van der Waals surface area contributed by atoms with E-state index < -0.39 is 5.82 Å². The van der Waals surface area contributed by atoms with Crippen LogP contribution in [0.4, 0.5) is 4.39 Å². The van der Waals surface area contributed by atoms with Crippen LogP contribution in [-0.2, 0) is 13.6 Å². The van der Waals surface area contributed by atoms with Crippen molar-refractivity contribution in [3.8, 4) is 5.75 Å². The lowest BCUT2D eigenvalue weighted by Crippen LogP contribution is -2.25. The molecular formula is C19H26FN3O2. The van der Waals surface area contributed by atoms with Gasteiger partial charge >= 0.3 is 0 Å². The van der Waals surface area contributed by atoms with Crippen LogP contribution >= 0.6 is 0 Å². The van der Waals surface area contributed by atoms with E-state index in [1.54, 1.807) is 31.3 Å². The molecule has 0 aliphatic carbocycles. The lowest BCUT2D eigenvalue weighted by atomic mass is 9.93. The van der Waals surface area contributed by atoms with Crippen molar-refractivity contribution in [2.75, 3.05) is 6.61 Å². The topological polar surface area (TPSA) is 56.1 Å². The van der Waals surface area contributed by atoms with Gasteiger partial charge in [0.15, 0.2) is 11.6 Å². The number of hydrogen-bond acceptors (Lipinski definition) is 3. The number of aromatic nitrogens is 2. The molecule has 0 bridgehead atoms. The van der Waals surface area contributed by atoms with Crippen molar-refractivity contribution in [2.45, 2.75) is 40.7 Å². The number of rotatable bonds is 6. The number of benzene rings is 1. The first kappa shape index (κ1) is 19.0. The Hall–Kier alpha value is -2.37. The predicted octanol–water partition coefficient (Wildman–Crippen LogP) is 3.61. The third-order valence-corrected chi connectivity index (χ3v) is 3.83. The fraction of sp³-hybridized carbons (Fsp3) is 0.474. The van der Waals surface area contributed by atoms with E-state index in [9.17, 15) is 9.18 Å². The number of ether oxygens (including phenoxy) is 1. The molecule has 1 N–H and O–H groups in total. The Morgan fingerprint density at radius 3 is 2.68 bits per heavy atom. The number of carbonyl (C=O) groups is 1. The van der Waals surface area contributed by atoms with E-state index >= 15 is 0 Å². The van der Waals surface area contributed by atoms with Crippen LogP contribution in [0.15, 0.2) is 24.3 Å². The van der Waals surface area contributed by atoms with Gasteiger partial charge in [0, 0.05) is 19.2 Å². The summed E-state index contributed by atoms with van der Waals surface area (Å²) in [5.41, 5.74) is 1.72. The van der Waals surface area contributed by atoms with Crippen LogP contribution in [0.1, 0.15) is 48.9 Å². The molecule has 0 aliphatic heterocycles. The Labute approximate surface area is 148 Å². The molecule has 0 fully saturated rings. The minimum atomic E-state index is -0.433. The second kappa shape index (κ2) is 7.68.